The van der Waals surface area contributed by atoms with Gasteiger partial charge in [0.1, 0.15) is 0 Å². The van der Waals surface area contributed by atoms with Gasteiger partial charge < -0.3 is 9.72 Å². The Labute approximate surface area is 99.5 Å². The minimum Gasteiger partial charge on any atom is -0.404 e. The molecule has 0 aliphatic carbocycles. The number of H-pyrrole nitrogens is 1. The van der Waals surface area contributed by atoms with Crippen LogP contribution < -0.4 is 4.74 Å². The average molecular weight is 260 g/mol. The molecular weight excluding hydrogens is 253 g/mol. The fraction of sp³-hybridized carbons (Fsp3) is 0.100. The molecule has 7 heteroatoms. The fourth-order valence-electron chi connectivity index (χ4n) is 1.38. The first-order chi connectivity index (χ1) is 7.97. The van der Waals surface area contributed by atoms with E-state index in [-0.39, 0.29) is 11.4 Å². The van der Waals surface area contributed by atoms with Crippen LogP contribution in [0.5, 0.6) is 5.75 Å². The van der Waals surface area contributed by atoms with Crippen LogP contribution in [0.25, 0.3) is 5.69 Å². The van der Waals surface area contributed by atoms with Gasteiger partial charge in [-0.15, -0.1) is 13.2 Å². The maximum Gasteiger partial charge on any atom is 0.573 e. The van der Waals surface area contributed by atoms with Gasteiger partial charge in [-0.3, -0.25) is 4.57 Å². The van der Waals surface area contributed by atoms with Crippen molar-refractivity contribution >= 4 is 12.2 Å². The molecule has 1 N–H and O–H groups in total. The maximum absolute atomic E-state index is 12.2. The number of imidazole rings is 1. The zero-order valence-electron chi connectivity index (χ0n) is 8.36. The van der Waals surface area contributed by atoms with E-state index in [1.165, 1.54) is 35.2 Å². The fourth-order valence-corrected chi connectivity index (χ4v) is 1.60. The maximum atomic E-state index is 12.2. The van der Waals surface area contributed by atoms with Crippen LogP contribution in [-0.4, -0.2) is 15.9 Å². The molecule has 0 spiro atoms. The number of nitrogens with one attached hydrogen (secondary N) is 1. The lowest BCUT2D eigenvalue weighted by Gasteiger charge is -2.13. The third-order valence-corrected chi connectivity index (χ3v) is 2.31. The van der Waals surface area contributed by atoms with E-state index in [1.807, 2.05) is 0 Å². The van der Waals surface area contributed by atoms with Crippen molar-refractivity contribution in [2.75, 3.05) is 0 Å². The van der Waals surface area contributed by atoms with Crippen LogP contribution in [0, 0.1) is 4.77 Å². The summed E-state index contributed by atoms with van der Waals surface area (Å²) in [5.74, 6) is -0.296. The molecule has 1 heterocycles. The highest BCUT2D eigenvalue weighted by Gasteiger charge is 2.32. The molecule has 0 atom stereocenters. The quantitative estimate of drug-likeness (QED) is 0.838. The summed E-state index contributed by atoms with van der Waals surface area (Å²) in [7, 11) is 0. The highest BCUT2D eigenvalue weighted by molar-refractivity contribution is 7.71. The predicted octanol–water partition coefficient (Wildman–Crippen LogP) is 3.43. The van der Waals surface area contributed by atoms with Crippen LogP contribution in [-0.2, 0) is 0 Å². The lowest BCUT2D eigenvalue weighted by atomic mass is 10.3. The van der Waals surface area contributed by atoms with Gasteiger partial charge in [-0.05, 0) is 24.4 Å². The van der Waals surface area contributed by atoms with E-state index in [2.05, 4.69) is 9.72 Å². The van der Waals surface area contributed by atoms with Crippen LogP contribution >= 0.6 is 12.2 Å². The molecule has 0 saturated heterocycles. The van der Waals surface area contributed by atoms with Crippen molar-refractivity contribution in [1.82, 2.24) is 9.55 Å². The van der Waals surface area contributed by atoms with Gasteiger partial charge in [0.2, 0.25) is 0 Å². The standard InChI is InChI=1S/C10H7F3N2OS/c11-10(12,13)16-8-4-2-1-3-7(8)15-6-5-14-9(15)17/h1-6H,(H,14,17). The number of hydrogen-bond acceptors (Lipinski definition) is 2. The highest BCUT2D eigenvalue weighted by Crippen LogP contribution is 2.28. The number of halogens is 3. The Bertz CT molecular complexity index is 573. The first-order valence-electron chi connectivity index (χ1n) is 4.58. The second kappa shape index (κ2) is 4.25. The topological polar surface area (TPSA) is 29.9 Å². The molecule has 0 radical (unpaired) electrons. The Morgan fingerprint density at radius 3 is 2.53 bits per heavy atom. The second-order valence-electron chi connectivity index (χ2n) is 3.15. The van der Waals surface area contributed by atoms with E-state index in [4.69, 9.17) is 12.2 Å². The van der Waals surface area contributed by atoms with Crippen LogP contribution in [0.3, 0.4) is 0 Å². The van der Waals surface area contributed by atoms with Crippen LogP contribution in [0.1, 0.15) is 0 Å². The molecule has 0 bridgehead atoms. The molecular formula is C10H7F3N2OS. The smallest absolute Gasteiger partial charge is 0.404 e. The summed E-state index contributed by atoms with van der Waals surface area (Å²) in [4.78, 5) is 2.70. The van der Waals surface area contributed by atoms with Gasteiger partial charge >= 0.3 is 6.36 Å². The molecule has 17 heavy (non-hydrogen) atoms. The van der Waals surface area contributed by atoms with Crippen molar-refractivity contribution < 1.29 is 17.9 Å². The molecule has 0 aliphatic heterocycles. The largest absolute Gasteiger partial charge is 0.573 e. The molecule has 90 valence electrons. The zero-order valence-corrected chi connectivity index (χ0v) is 9.18. The molecule has 1 aromatic heterocycles. The molecule has 2 rings (SSSR count). The SMILES string of the molecule is FC(F)(F)Oc1ccccc1-n1cc[nH]c1=S. The van der Waals surface area contributed by atoms with Gasteiger partial charge in [0, 0.05) is 12.4 Å². The van der Waals surface area contributed by atoms with Gasteiger partial charge in [0.05, 0.1) is 5.69 Å². The summed E-state index contributed by atoms with van der Waals surface area (Å²) in [5, 5.41) is 0. The summed E-state index contributed by atoms with van der Waals surface area (Å²) >= 11 is 4.94. The Kier molecular flexibility index (Phi) is 2.93. The number of aromatic amines is 1. The van der Waals surface area contributed by atoms with Crippen molar-refractivity contribution in [3.8, 4) is 11.4 Å². The summed E-state index contributed by atoms with van der Waals surface area (Å²) in [6.07, 6.45) is -1.66. The molecule has 0 unspecified atom stereocenters. The third kappa shape index (κ3) is 2.68. The van der Waals surface area contributed by atoms with Gasteiger partial charge in [0.15, 0.2) is 10.5 Å². The molecule has 1 aromatic carbocycles. The monoisotopic (exact) mass is 260 g/mol. The van der Waals surface area contributed by atoms with Crippen LogP contribution in [0.4, 0.5) is 13.2 Å². The first-order valence-corrected chi connectivity index (χ1v) is 4.99. The first kappa shape index (κ1) is 11.7. The molecule has 0 aliphatic rings. The van der Waals surface area contributed by atoms with Gasteiger partial charge in [0.25, 0.3) is 0 Å². The predicted molar refractivity (Wildman–Crippen MR) is 57.6 cm³/mol. The van der Waals surface area contributed by atoms with Crippen molar-refractivity contribution in [1.29, 1.82) is 0 Å². The molecule has 3 nitrogen and oxygen atoms in total. The molecule has 0 amide bonds. The van der Waals surface area contributed by atoms with Crippen LogP contribution in [0.2, 0.25) is 0 Å². The second-order valence-corrected chi connectivity index (χ2v) is 3.54. The number of alkyl halides is 3. The van der Waals surface area contributed by atoms with Crippen molar-refractivity contribution in [3.63, 3.8) is 0 Å². The third-order valence-electron chi connectivity index (χ3n) is 2.00. The van der Waals surface area contributed by atoms with Crippen molar-refractivity contribution in [2.24, 2.45) is 0 Å². The normalized spacial score (nSPS) is 11.5. The highest BCUT2D eigenvalue weighted by atomic mass is 32.1. The Hall–Kier alpha value is -1.76. The summed E-state index contributed by atoms with van der Waals surface area (Å²) in [5.41, 5.74) is 0.232. The van der Waals surface area contributed by atoms with Crippen molar-refractivity contribution in [3.05, 3.63) is 41.4 Å². The van der Waals surface area contributed by atoms with Gasteiger partial charge in [-0.1, -0.05) is 12.1 Å². The van der Waals surface area contributed by atoms with Gasteiger partial charge in [-0.2, -0.15) is 0 Å². The summed E-state index contributed by atoms with van der Waals surface area (Å²) in [6, 6.07) is 5.79. The average Bonchev–Trinajstić information content (AvgIpc) is 2.63. The molecule has 2 aromatic rings. The summed E-state index contributed by atoms with van der Waals surface area (Å²) in [6.45, 7) is 0. The minimum absolute atomic E-state index is 0.232. The van der Waals surface area contributed by atoms with E-state index >= 15 is 0 Å². The zero-order chi connectivity index (χ0) is 12.5. The number of nitrogens with zero attached hydrogens (tertiary/aromatic N) is 1. The Morgan fingerprint density at radius 2 is 1.94 bits per heavy atom. The van der Waals surface area contributed by atoms with Crippen LogP contribution in [0.15, 0.2) is 36.7 Å². The molecule has 0 fully saturated rings. The van der Waals surface area contributed by atoms with E-state index in [0.29, 0.717) is 4.77 Å². The van der Waals surface area contributed by atoms with E-state index in [9.17, 15) is 13.2 Å². The van der Waals surface area contributed by atoms with Gasteiger partial charge in [-0.25, -0.2) is 0 Å². The van der Waals surface area contributed by atoms with Crippen molar-refractivity contribution in [2.45, 2.75) is 6.36 Å². The number of hydrogen-bond donors (Lipinski definition) is 1. The number of aromatic nitrogens is 2. The Morgan fingerprint density at radius 1 is 1.24 bits per heavy atom. The number of ether oxygens (including phenoxy) is 1. The number of para-hydroxylation sites is 2. The number of benzene rings is 1. The lowest BCUT2D eigenvalue weighted by molar-refractivity contribution is -0.274. The Balaban J connectivity index is 2.49. The summed E-state index contributed by atoms with van der Waals surface area (Å²) < 4.78 is 42.2. The number of rotatable bonds is 2. The van der Waals surface area contributed by atoms with E-state index in [1.54, 1.807) is 6.07 Å². The minimum atomic E-state index is -4.73. The van der Waals surface area contributed by atoms with E-state index < -0.39 is 6.36 Å². The van der Waals surface area contributed by atoms with E-state index in [0.717, 1.165) is 0 Å². The molecule has 0 saturated carbocycles. The lowest BCUT2D eigenvalue weighted by Crippen LogP contribution is -2.18.